The van der Waals surface area contributed by atoms with E-state index >= 15 is 0 Å². The summed E-state index contributed by atoms with van der Waals surface area (Å²) in [5.41, 5.74) is 0.162. The van der Waals surface area contributed by atoms with E-state index in [0.717, 1.165) is 6.07 Å². The lowest BCUT2D eigenvalue weighted by molar-refractivity contribution is 0.0572. The van der Waals surface area contributed by atoms with Crippen molar-refractivity contribution in [1.82, 2.24) is 4.90 Å². The van der Waals surface area contributed by atoms with Gasteiger partial charge in [-0.15, -0.1) is 0 Å². The minimum absolute atomic E-state index is 0.0493. The Balaban J connectivity index is 2.17. The first kappa shape index (κ1) is 12.8. The molecule has 2 rings (SSSR count). The number of likely N-dealkylation sites (tertiary alicyclic amines) is 1. The lowest BCUT2D eigenvalue weighted by atomic mass is 10.2. The fraction of sp³-hybridized carbons (Fsp3) is 0.417. The van der Waals surface area contributed by atoms with Gasteiger partial charge in [-0.25, -0.2) is 4.39 Å². The molecule has 1 aromatic carbocycles. The summed E-state index contributed by atoms with van der Waals surface area (Å²) in [4.78, 5) is 13.3. The zero-order valence-electron chi connectivity index (χ0n) is 9.84. The van der Waals surface area contributed by atoms with Crippen LogP contribution in [0.3, 0.4) is 0 Å². The van der Waals surface area contributed by atoms with Crippen molar-refractivity contribution < 1.29 is 24.1 Å². The van der Waals surface area contributed by atoms with Crippen LogP contribution in [0.1, 0.15) is 10.4 Å². The molecule has 6 heteroatoms. The van der Waals surface area contributed by atoms with Gasteiger partial charge in [0.15, 0.2) is 11.6 Å². The smallest absolute Gasteiger partial charge is 0.254 e. The Bertz CT molecular complexity index is 455. The Morgan fingerprint density at radius 3 is 2.50 bits per heavy atom. The van der Waals surface area contributed by atoms with Crippen LogP contribution in [0.4, 0.5) is 4.39 Å². The van der Waals surface area contributed by atoms with Crippen molar-refractivity contribution >= 4 is 5.91 Å². The average molecular weight is 255 g/mol. The summed E-state index contributed by atoms with van der Waals surface area (Å²) < 4.78 is 18.2. The molecule has 1 aliphatic heterocycles. The van der Waals surface area contributed by atoms with Gasteiger partial charge >= 0.3 is 0 Å². The van der Waals surface area contributed by atoms with Crippen molar-refractivity contribution in [3.63, 3.8) is 0 Å². The zero-order chi connectivity index (χ0) is 13.3. The van der Waals surface area contributed by atoms with Gasteiger partial charge < -0.3 is 19.8 Å². The Hall–Kier alpha value is -1.66. The molecule has 0 aliphatic carbocycles. The van der Waals surface area contributed by atoms with Crippen LogP contribution in [-0.4, -0.2) is 53.4 Å². The molecule has 2 atom stereocenters. The minimum Gasteiger partial charge on any atom is -0.494 e. The van der Waals surface area contributed by atoms with Crippen molar-refractivity contribution in [3.8, 4) is 5.75 Å². The van der Waals surface area contributed by atoms with Gasteiger partial charge in [-0.2, -0.15) is 0 Å². The average Bonchev–Trinajstić information content (AvgIpc) is 2.68. The number of β-amino-alcohol motifs (C(OH)–C–C–N with tert-alkyl or cyclic N) is 2. The fourth-order valence-corrected chi connectivity index (χ4v) is 1.92. The number of carbonyl (C=O) groups is 1. The summed E-state index contributed by atoms with van der Waals surface area (Å²) in [5.74, 6) is -0.983. The number of hydrogen-bond donors (Lipinski definition) is 2. The van der Waals surface area contributed by atoms with E-state index in [-0.39, 0.29) is 24.4 Å². The van der Waals surface area contributed by atoms with Crippen LogP contribution in [0.2, 0.25) is 0 Å². The van der Waals surface area contributed by atoms with Gasteiger partial charge in [-0.05, 0) is 18.2 Å². The van der Waals surface area contributed by atoms with Crippen molar-refractivity contribution in [3.05, 3.63) is 29.6 Å². The third kappa shape index (κ3) is 2.30. The van der Waals surface area contributed by atoms with E-state index in [1.165, 1.54) is 24.1 Å². The molecule has 2 unspecified atom stereocenters. The van der Waals surface area contributed by atoms with Crippen LogP contribution < -0.4 is 4.74 Å². The Kier molecular flexibility index (Phi) is 3.49. The van der Waals surface area contributed by atoms with Crippen molar-refractivity contribution in [1.29, 1.82) is 0 Å². The van der Waals surface area contributed by atoms with Crippen LogP contribution in [0, 0.1) is 5.82 Å². The highest BCUT2D eigenvalue weighted by Gasteiger charge is 2.33. The fourth-order valence-electron chi connectivity index (χ4n) is 1.92. The van der Waals surface area contributed by atoms with Crippen LogP contribution >= 0.6 is 0 Å². The predicted molar refractivity (Wildman–Crippen MR) is 60.9 cm³/mol. The third-order valence-corrected chi connectivity index (χ3v) is 2.95. The molecule has 1 saturated heterocycles. The number of aliphatic hydroxyl groups excluding tert-OH is 2. The molecule has 1 heterocycles. The van der Waals surface area contributed by atoms with Crippen LogP contribution in [0.5, 0.6) is 5.75 Å². The number of rotatable bonds is 2. The minimum atomic E-state index is -0.947. The maximum atomic E-state index is 13.5. The number of hydrogen-bond acceptors (Lipinski definition) is 4. The summed E-state index contributed by atoms with van der Waals surface area (Å²) in [5, 5.41) is 18.7. The van der Waals surface area contributed by atoms with E-state index in [9.17, 15) is 19.4 Å². The van der Waals surface area contributed by atoms with Gasteiger partial charge in [-0.1, -0.05) is 0 Å². The second-order valence-corrected chi connectivity index (χ2v) is 4.19. The van der Waals surface area contributed by atoms with E-state index < -0.39 is 23.9 Å². The molecule has 0 radical (unpaired) electrons. The predicted octanol–water partition coefficient (Wildman–Crippen LogP) is 0.0119. The lowest BCUT2D eigenvalue weighted by Gasteiger charge is -2.15. The van der Waals surface area contributed by atoms with Crippen LogP contribution in [0.25, 0.3) is 0 Å². The van der Waals surface area contributed by atoms with Crippen LogP contribution in [-0.2, 0) is 0 Å². The molecule has 5 nitrogen and oxygen atoms in total. The normalized spacial score (nSPS) is 23.2. The van der Waals surface area contributed by atoms with E-state index in [1.54, 1.807) is 0 Å². The molecule has 18 heavy (non-hydrogen) atoms. The second-order valence-electron chi connectivity index (χ2n) is 4.19. The zero-order valence-corrected chi connectivity index (χ0v) is 9.84. The SMILES string of the molecule is COc1ccc(C(=O)N2CC(O)C(O)C2)cc1F. The molecule has 0 bridgehead atoms. The van der Waals surface area contributed by atoms with Crippen molar-refractivity contribution in [2.45, 2.75) is 12.2 Å². The molecule has 98 valence electrons. The number of amides is 1. The summed E-state index contributed by atoms with van der Waals surface area (Å²) in [6.07, 6.45) is -1.89. The number of aliphatic hydroxyl groups is 2. The molecular weight excluding hydrogens is 241 g/mol. The molecule has 2 N–H and O–H groups in total. The first-order chi connectivity index (χ1) is 8.52. The standard InChI is InChI=1S/C12H14FNO4/c1-18-11-3-2-7(4-8(11)13)12(17)14-5-9(15)10(16)6-14/h2-4,9-10,15-16H,5-6H2,1H3. The molecule has 0 aromatic heterocycles. The van der Waals surface area contributed by atoms with Gasteiger partial charge in [0.2, 0.25) is 0 Å². The molecule has 0 spiro atoms. The summed E-state index contributed by atoms with van der Waals surface area (Å²) >= 11 is 0. The van der Waals surface area contributed by atoms with Gasteiger partial charge in [0.1, 0.15) is 0 Å². The number of benzene rings is 1. The Morgan fingerprint density at radius 2 is 2.00 bits per heavy atom. The monoisotopic (exact) mass is 255 g/mol. The van der Waals surface area contributed by atoms with Crippen LogP contribution in [0.15, 0.2) is 18.2 Å². The number of nitrogens with zero attached hydrogens (tertiary/aromatic N) is 1. The van der Waals surface area contributed by atoms with Crippen molar-refractivity contribution in [2.24, 2.45) is 0 Å². The topological polar surface area (TPSA) is 70.0 Å². The second kappa shape index (κ2) is 4.91. The third-order valence-electron chi connectivity index (χ3n) is 2.95. The Labute approximate surface area is 103 Å². The number of halogens is 1. The number of carbonyl (C=O) groups excluding carboxylic acids is 1. The lowest BCUT2D eigenvalue weighted by Crippen LogP contribution is -2.29. The number of methoxy groups -OCH3 is 1. The van der Waals surface area contributed by atoms with Gasteiger partial charge in [0.05, 0.1) is 19.3 Å². The van der Waals surface area contributed by atoms with E-state index in [0.29, 0.717) is 0 Å². The maximum absolute atomic E-state index is 13.5. The largest absolute Gasteiger partial charge is 0.494 e. The van der Waals surface area contributed by atoms with E-state index in [2.05, 4.69) is 0 Å². The highest BCUT2D eigenvalue weighted by molar-refractivity contribution is 5.94. The quantitative estimate of drug-likeness (QED) is 0.781. The van der Waals surface area contributed by atoms with E-state index in [4.69, 9.17) is 4.74 Å². The van der Waals surface area contributed by atoms with Crippen molar-refractivity contribution in [2.75, 3.05) is 20.2 Å². The summed E-state index contributed by atoms with van der Waals surface area (Å²) in [7, 11) is 1.34. The summed E-state index contributed by atoms with van der Waals surface area (Å²) in [6.45, 7) is 0.0985. The van der Waals surface area contributed by atoms with Gasteiger partial charge in [0.25, 0.3) is 5.91 Å². The maximum Gasteiger partial charge on any atom is 0.254 e. The highest BCUT2D eigenvalue weighted by atomic mass is 19.1. The first-order valence-corrected chi connectivity index (χ1v) is 5.52. The van der Waals surface area contributed by atoms with Gasteiger partial charge in [0, 0.05) is 18.7 Å². The highest BCUT2D eigenvalue weighted by Crippen LogP contribution is 2.20. The number of ether oxygens (including phenoxy) is 1. The van der Waals surface area contributed by atoms with Gasteiger partial charge in [-0.3, -0.25) is 4.79 Å². The summed E-state index contributed by atoms with van der Waals surface area (Å²) in [6, 6.07) is 3.89. The molecule has 1 fully saturated rings. The molecule has 0 saturated carbocycles. The molecule has 1 amide bonds. The molecule has 1 aromatic rings. The van der Waals surface area contributed by atoms with E-state index in [1.807, 2.05) is 0 Å². The Morgan fingerprint density at radius 1 is 1.39 bits per heavy atom. The molecular formula is C12H14FNO4. The molecule has 1 aliphatic rings. The first-order valence-electron chi connectivity index (χ1n) is 5.52.